The number of anilines is 1. The molecule has 1 saturated heterocycles. The molecule has 0 atom stereocenters. The van der Waals surface area contributed by atoms with Crippen molar-refractivity contribution in [1.82, 2.24) is 4.98 Å². The van der Waals surface area contributed by atoms with Crippen LogP contribution < -0.4 is 5.73 Å². The Balaban J connectivity index is 1.98. The summed E-state index contributed by atoms with van der Waals surface area (Å²) in [6, 6.07) is 10.7. The molecule has 0 spiro atoms. The number of ether oxygens (including phenoxy) is 1. The standard InChI is InChI=1S/C17H20N2O/c1-12-2-3-14(13-5-8-20-9-6-13)10-16(12)15-4-7-19-17(18)11-15/h2-4,7,10-11,13H,5-6,8-9H2,1H3,(H2,18,19). The SMILES string of the molecule is Cc1ccc(C2CCOCC2)cc1-c1ccnc(N)c1. The Morgan fingerprint density at radius 2 is 1.95 bits per heavy atom. The van der Waals surface area contributed by atoms with Gasteiger partial charge in [0.05, 0.1) is 0 Å². The van der Waals surface area contributed by atoms with Crippen LogP contribution in [0.3, 0.4) is 0 Å². The first-order valence-electron chi connectivity index (χ1n) is 7.14. The summed E-state index contributed by atoms with van der Waals surface area (Å²) in [7, 11) is 0. The van der Waals surface area contributed by atoms with Crippen molar-refractivity contribution in [2.45, 2.75) is 25.7 Å². The fraction of sp³-hybridized carbons (Fsp3) is 0.353. The molecule has 0 aliphatic carbocycles. The van der Waals surface area contributed by atoms with Crippen LogP contribution in [0, 0.1) is 6.92 Å². The first kappa shape index (κ1) is 13.1. The predicted molar refractivity (Wildman–Crippen MR) is 81.6 cm³/mol. The van der Waals surface area contributed by atoms with Crippen molar-refractivity contribution in [3.63, 3.8) is 0 Å². The quantitative estimate of drug-likeness (QED) is 0.906. The third kappa shape index (κ3) is 2.68. The molecule has 0 amide bonds. The summed E-state index contributed by atoms with van der Waals surface area (Å²) in [6.07, 6.45) is 3.99. The molecule has 1 fully saturated rings. The van der Waals surface area contributed by atoms with Crippen LogP contribution >= 0.6 is 0 Å². The Bertz CT molecular complexity index is 604. The number of aromatic nitrogens is 1. The largest absolute Gasteiger partial charge is 0.384 e. The van der Waals surface area contributed by atoms with Gasteiger partial charge in [0.25, 0.3) is 0 Å². The van der Waals surface area contributed by atoms with E-state index < -0.39 is 0 Å². The Labute approximate surface area is 119 Å². The smallest absolute Gasteiger partial charge is 0.123 e. The van der Waals surface area contributed by atoms with Crippen LogP contribution in [0.1, 0.15) is 29.9 Å². The highest BCUT2D eigenvalue weighted by Gasteiger charge is 2.17. The van der Waals surface area contributed by atoms with E-state index in [0.29, 0.717) is 11.7 Å². The topological polar surface area (TPSA) is 48.1 Å². The summed E-state index contributed by atoms with van der Waals surface area (Å²) in [4.78, 5) is 4.07. The lowest BCUT2D eigenvalue weighted by atomic mass is 9.88. The molecule has 1 aliphatic heterocycles. The van der Waals surface area contributed by atoms with Crippen LogP contribution in [0.5, 0.6) is 0 Å². The number of nitrogens with two attached hydrogens (primary N) is 1. The third-order valence-electron chi connectivity index (χ3n) is 4.05. The van der Waals surface area contributed by atoms with Crippen LogP contribution in [0.25, 0.3) is 11.1 Å². The molecule has 20 heavy (non-hydrogen) atoms. The zero-order chi connectivity index (χ0) is 13.9. The van der Waals surface area contributed by atoms with Gasteiger partial charge in [-0.1, -0.05) is 18.2 Å². The summed E-state index contributed by atoms with van der Waals surface area (Å²) >= 11 is 0. The molecular weight excluding hydrogens is 248 g/mol. The minimum atomic E-state index is 0.568. The summed E-state index contributed by atoms with van der Waals surface area (Å²) < 4.78 is 5.45. The molecule has 104 valence electrons. The molecule has 2 aromatic rings. The highest BCUT2D eigenvalue weighted by atomic mass is 16.5. The van der Waals surface area contributed by atoms with Crippen LogP contribution in [-0.4, -0.2) is 18.2 Å². The molecule has 0 saturated carbocycles. The molecule has 3 heteroatoms. The van der Waals surface area contributed by atoms with Gasteiger partial charge in [0.15, 0.2) is 0 Å². The number of rotatable bonds is 2. The number of nitrogen functional groups attached to an aromatic ring is 1. The van der Waals surface area contributed by atoms with Crippen molar-refractivity contribution >= 4 is 5.82 Å². The predicted octanol–water partition coefficient (Wildman–Crippen LogP) is 3.53. The average Bonchev–Trinajstić information content (AvgIpc) is 2.48. The Kier molecular flexibility index (Phi) is 3.70. The van der Waals surface area contributed by atoms with E-state index in [9.17, 15) is 0 Å². The van der Waals surface area contributed by atoms with E-state index in [-0.39, 0.29) is 0 Å². The van der Waals surface area contributed by atoms with Crippen molar-refractivity contribution in [2.24, 2.45) is 0 Å². The molecule has 1 aromatic carbocycles. The van der Waals surface area contributed by atoms with Crippen LogP contribution in [-0.2, 0) is 4.74 Å². The normalized spacial score (nSPS) is 16.2. The van der Waals surface area contributed by atoms with E-state index in [1.807, 2.05) is 12.1 Å². The second kappa shape index (κ2) is 5.63. The first-order valence-corrected chi connectivity index (χ1v) is 7.14. The molecule has 3 rings (SSSR count). The molecule has 0 bridgehead atoms. The van der Waals surface area contributed by atoms with E-state index in [1.165, 1.54) is 16.7 Å². The van der Waals surface area contributed by atoms with Gasteiger partial charge in [0.1, 0.15) is 5.82 Å². The van der Waals surface area contributed by atoms with Crippen molar-refractivity contribution < 1.29 is 4.74 Å². The molecule has 2 N–H and O–H groups in total. The van der Waals surface area contributed by atoms with Gasteiger partial charge in [-0.25, -0.2) is 4.98 Å². The van der Waals surface area contributed by atoms with Gasteiger partial charge in [-0.15, -0.1) is 0 Å². The first-order chi connectivity index (χ1) is 9.74. The highest BCUT2D eigenvalue weighted by molar-refractivity contribution is 5.69. The van der Waals surface area contributed by atoms with Gasteiger partial charge in [0, 0.05) is 19.4 Å². The van der Waals surface area contributed by atoms with Crippen LogP contribution in [0.4, 0.5) is 5.82 Å². The van der Waals surface area contributed by atoms with Crippen LogP contribution in [0.2, 0.25) is 0 Å². The van der Waals surface area contributed by atoms with E-state index >= 15 is 0 Å². The number of hydrogen-bond acceptors (Lipinski definition) is 3. The number of aryl methyl sites for hydroxylation is 1. The number of hydrogen-bond donors (Lipinski definition) is 1. The number of nitrogens with zero attached hydrogens (tertiary/aromatic N) is 1. The van der Waals surface area contributed by atoms with Crippen LogP contribution in [0.15, 0.2) is 36.5 Å². The lowest BCUT2D eigenvalue weighted by Gasteiger charge is -2.23. The molecule has 0 radical (unpaired) electrons. The van der Waals surface area contributed by atoms with E-state index in [4.69, 9.17) is 10.5 Å². The number of benzene rings is 1. The highest BCUT2D eigenvalue weighted by Crippen LogP contribution is 2.32. The minimum Gasteiger partial charge on any atom is -0.384 e. The van der Waals surface area contributed by atoms with E-state index in [2.05, 4.69) is 30.1 Å². The maximum atomic E-state index is 5.80. The van der Waals surface area contributed by atoms with Crippen molar-refractivity contribution in [1.29, 1.82) is 0 Å². The molecule has 3 nitrogen and oxygen atoms in total. The van der Waals surface area contributed by atoms with Gasteiger partial charge in [0.2, 0.25) is 0 Å². The summed E-state index contributed by atoms with van der Waals surface area (Å²) in [5, 5.41) is 0. The van der Waals surface area contributed by atoms with E-state index in [0.717, 1.165) is 31.6 Å². The zero-order valence-electron chi connectivity index (χ0n) is 11.8. The van der Waals surface area contributed by atoms with Gasteiger partial charge < -0.3 is 10.5 Å². The zero-order valence-corrected chi connectivity index (χ0v) is 11.8. The third-order valence-corrected chi connectivity index (χ3v) is 4.05. The summed E-state index contributed by atoms with van der Waals surface area (Å²) in [5.74, 6) is 1.18. The Morgan fingerprint density at radius 1 is 1.15 bits per heavy atom. The Hall–Kier alpha value is -1.87. The van der Waals surface area contributed by atoms with Crippen molar-refractivity contribution in [2.75, 3.05) is 18.9 Å². The lowest BCUT2D eigenvalue weighted by Crippen LogP contribution is -2.14. The molecule has 2 heterocycles. The molecule has 1 aromatic heterocycles. The van der Waals surface area contributed by atoms with Gasteiger partial charge in [-0.05, 0) is 60.1 Å². The van der Waals surface area contributed by atoms with E-state index in [1.54, 1.807) is 6.20 Å². The molecular formula is C17H20N2O. The maximum Gasteiger partial charge on any atom is 0.123 e. The number of pyridine rings is 1. The molecule has 0 unspecified atom stereocenters. The van der Waals surface area contributed by atoms with Gasteiger partial charge in [-0.3, -0.25) is 0 Å². The summed E-state index contributed by atoms with van der Waals surface area (Å²) in [6.45, 7) is 3.88. The maximum absolute atomic E-state index is 5.80. The fourth-order valence-corrected chi connectivity index (χ4v) is 2.85. The lowest BCUT2D eigenvalue weighted by molar-refractivity contribution is 0.0853. The average molecular weight is 268 g/mol. The molecule has 1 aliphatic rings. The second-order valence-electron chi connectivity index (χ2n) is 5.43. The van der Waals surface area contributed by atoms with Crippen molar-refractivity contribution in [3.8, 4) is 11.1 Å². The monoisotopic (exact) mass is 268 g/mol. The van der Waals surface area contributed by atoms with Gasteiger partial charge >= 0.3 is 0 Å². The minimum absolute atomic E-state index is 0.568. The second-order valence-corrected chi connectivity index (χ2v) is 5.43. The fourth-order valence-electron chi connectivity index (χ4n) is 2.85. The van der Waals surface area contributed by atoms with Crippen molar-refractivity contribution in [3.05, 3.63) is 47.7 Å². The van der Waals surface area contributed by atoms with Gasteiger partial charge in [-0.2, -0.15) is 0 Å². The summed E-state index contributed by atoms with van der Waals surface area (Å²) in [5.41, 5.74) is 10.9. The Morgan fingerprint density at radius 3 is 2.70 bits per heavy atom.